The zero-order valence-electron chi connectivity index (χ0n) is 15.8. The molecule has 1 N–H and O–H groups in total. The second-order valence-corrected chi connectivity index (χ2v) is 6.65. The number of hydrogen-bond donors (Lipinski definition) is 1. The van der Waals surface area contributed by atoms with Crippen LogP contribution in [0.25, 0.3) is 33.8 Å². The molecule has 30 heavy (non-hydrogen) atoms. The molecule has 0 spiro atoms. The van der Waals surface area contributed by atoms with Gasteiger partial charge in [0, 0.05) is 24.5 Å². The first kappa shape index (κ1) is 17.8. The number of carbonyl (C=O) groups excluding carboxylic acids is 1. The Bertz CT molecular complexity index is 1300. The van der Waals surface area contributed by atoms with Crippen molar-refractivity contribution < 1.29 is 13.7 Å². The summed E-state index contributed by atoms with van der Waals surface area (Å²) in [6.45, 7) is 0.346. The number of aromatic nitrogens is 3. The molecule has 5 rings (SSSR count). The molecule has 1 amide bonds. The zero-order valence-corrected chi connectivity index (χ0v) is 15.8. The number of hydrogen-bond acceptors (Lipinski definition) is 6. The predicted molar refractivity (Wildman–Crippen MR) is 110 cm³/mol. The maximum absolute atomic E-state index is 13.2. The van der Waals surface area contributed by atoms with Crippen LogP contribution in [0.3, 0.4) is 0 Å². The zero-order chi connectivity index (χ0) is 20.3. The second-order valence-electron chi connectivity index (χ2n) is 6.65. The van der Waals surface area contributed by atoms with Crippen LogP contribution in [0.2, 0.25) is 0 Å². The number of rotatable bonds is 5. The molecule has 0 unspecified atom stereocenters. The van der Waals surface area contributed by atoms with E-state index in [1.54, 1.807) is 36.9 Å². The summed E-state index contributed by atoms with van der Waals surface area (Å²) in [6.07, 6.45) is 4.96. The molecular weight excluding hydrogens is 380 g/mol. The number of carbonyl (C=O) groups is 1. The number of amides is 1. The Hall–Kier alpha value is -4.26. The van der Waals surface area contributed by atoms with Crippen molar-refractivity contribution >= 4 is 17.0 Å². The number of pyridine rings is 2. The summed E-state index contributed by atoms with van der Waals surface area (Å²) in [7, 11) is 0. The molecule has 0 saturated carbocycles. The molecule has 1 aromatic carbocycles. The Kier molecular flexibility index (Phi) is 4.53. The van der Waals surface area contributed by atoms with Crippen molar-refractivity contribution in [3.63, 3.8) is 0 Å². The summed E-state index contributed by atoms with van der Waals surface area (Å²) in [6, 6.07) is 18.5. The Morgan fingerprint density at radius 2 is 1.93 bits per heavy atom. The SMILES string of the molecule is O=C(NCc1cccnc1)c1cc(-c2ccco2)nc2onc(-c3ccccc3)c12. The third-order valence-electron chi connectivity index (χ3n) is 4.69. The van der Waals surface area contributed by atoms with Crippen LogP contribution in [0.4, 0.5) is 0 Å². The van der Waals surface area contributed by atoms with Gasteiger partial charge in [0.1, 0.15) is 11.4 Å². The van der Waals surface area contributed by atoms with E-state index in [1.165, 1.54) is 0 Å². The van der Waals surface area contributed by atoms with E-state index in [0.717, 1.165) is 11.1 Å². The molecule has 7 heteroatoms. The first-order valence-corrected chi connectivity index (χ1v) is 9.36. The van der Waals surface area contributed by atoms with Crippen LogP contribution in [0.1, 0.15) is 15.9 Å². The lowest BCUT2D eigenvalue weighted by Gasteiger charge is -2.08. The molecule has 7 nitrogen and oxygen atoms in total. The molecule has 0 bridgehead atoms. The Morgan fingerprint density at radius 3 is 2.70 bits per heavy atom. The van der Waals surface area contributed by atoms with Crippen molar-refractivity contribution in [1.82, 2.24) is 20.4 Å². The van der Waals surface area contributed by atoms with Crippen molar-refractivity contribution in [2.45, 2.75) is 6.54 Å². The molecule has 0 radical (unpaired) electrons. The third-order valence-corrected chi connectivity index (χ3v) is 4.69. The molecule has 146 valence electrons. The molecule has 4 aromatic heterocycles. The van der Waals surface area contributed by atoms with E-state index in [4.69, 9.17) is 8.94 Å². The summed E-state index contributed by atoms with van der Waals surface area (Å²) < 4.78 is 11.0. The summed E-state index contributed by atoms with van der Waals surface area (Å²) in [5.74, 6) is 0.273. The summed E-state index contributed by atoms with van der Waals surface area (Å²) in [4.78, 5) is 21.8. The van der Waals surface area contributed by atoms with Crippen molar-refractivity contribution in [1.29, 1.82) is 0 Å². The largest absolute Gasteiger partial charge is 0.463 e. The molecule has 4 heterocycles. The fourth-order valence-corrected chi connectivity index (χ4v) is 3.25. The van der Waals surface area contributed by atoms with Gasteiger partial charge in [-0.3, -0.25) is 9.78 Å². The average molecular weight is 396 g/mol. The average Bonchev–Trinajstić information content (AvgIpc) is 3.48. The van der Waals surface area contributed by atoms with Gasteiger partial charge in [-0.25, -0.2) is 4.98 Å². The quantitative estimate of drug-likeness (QED) is 0.471. The number of benzene rings is 1. The van der Waals surface area contributed by atoms with E-state index in [9.17, 15) is 4.79 Å². The second kappa shape index (κ2) is 7.63. The molecule has 0 aliphatic carbocycles. The lowest BCUT2D eigenvalue weighted by molar-refractivity contribution is 0.0952. The minimum atomic E-state index is -0.264. The van der Waals surface area contributed by atoms with Gasteiger partial charge in [0.15, 0.2) is 5.76 Å². The summed E-state index contributed by atoms with van der Waals surface area (Å²) >= 11 is 0. The topological polar surface area (TPSA) is 94.1 Å². The fraction of sp³-hybridized carbons (Fsp3) is 0.0435. The van der Waals surface area contributed by atoms with Gasteiger partial charge in [0.05, 0.1) is 17.2 Å². The molecule has 5 aromatic rings. The Morgan fingerprint density at radius 1 is 1.03 bits per heavy atom. The van der Waals surface area contributed by atoms with E-state index in [-0.39, 0.29) is 11.6 Å². The minimum absolute atomic E-state index is 0.264. The van der Waals surface area contributed by atoms with E-state index in [1.807, 2.05) is 42.5 Å². The van der Waals surface area contributed by atoms with Crippen molar-refractivity contribution in [2.75, 3.05) is 0 Å². The van der Waals surface area contributed by atoms with Crippen LogP contribution in [-0.2, 0) is 6.54 Å². The maximum Gasteiger partial charge on any atom is 0.259 e. The molecular formula is C23H16N4O3. The number of fused-ring (bicyclic) bond motifs is 1. The van der Waals surface area contributed by atoms with Crippen LogP contribution in [0, 0.1) is 0 Å². The Labute approximate surface area is 171 Å². The number of furan rings is 1. The highest BCUT2D eigenvalue weighted by molar-refractivity contribution is 6.10. The highest BCUT2D eigenvalue weighted by atomic mass is 16.5. The van der Waals surface area contributed by atoms with Crippen LogP contribution in [0.5, 0.6) is 0 Å². The predicted octanol–water partition coefficient (Wildman–Crippen LogP) is 4.47. The van der Waals surface area contributed by atoms with Crippen LogP contribution in [0.15, 0.2) is 88.3 Å². The summed E-state index contributed by atoms with van der Waals surface area (Å²) in [5.41, 5.74) is 3.48. The van der Waals surface area contributed by atoms with E-state index in [0.29, 0.717) is 34.6 Å². The standard InChI is InChI=1S/C23H16N4O3/c28-22(25-14-15-6-4-10-24-13-15)17-12-18(19-9-5-11-29-19)26-23-20(17)21(27-30-23)16-7-2-1-3-8-16/h1-13H,14H2,(H,25,28). The Balaban J connectivity index is 1.61. The lowest BCUT2D eigenvalue weighted by atomic mass is 10.0. The normalized spacial score (nSPS) is 10.9. The molecule has 0 atom stereocenters. The summed E-state index contributed by atoms with van der Waals surface area (Å²) in [5, 5.41) is 7.69. The monoisotopic (exact) mass is 396 g/mol. The first-order chi connectivity index (χ1) is 14.8. The number of nitrogens with zero attached hydrogens (tertiary/aromatic N) is 3. The fourth-order valence-electron chi connectivity index (χ4n) is 3.25. The lowest BCUT2D eigenvalue weighted by Crippen LogP contribution is -2.23. The highest BCUT2D eigenvalue weighted by Gasteiger charge is 2.22. The highest BCUT2D eigenvalue weighted by Crippen LogP contribution is 2.32. The van der Waals surface area contributed by atoms with Gasteiger partial charge in [0.25, 0.3) is 11.6 Å². The molecule has 0 aliphatic heterocycles. The van der Waals surface area contributed by atoms with Gasteiger partial charge < -0.3 is 14.3 Å². The van der Waals surface area contributed by atoms with Crippen molar-refractivity contribution in [3.05, 3.63) is 90.4 Å². The van der Waals surface area contributed by atoms with E-state index in [2.05, 4.69) is 20.4 Å². The minimum Gasteiger partial charge on any atom is -0.463 e. The molecule has 0 saturated heterocycles. The number of nitrogens with one attached hydrogen (secondary N) is 1. The van der Waals surface area contributed by atoms with Crippen molar-refractivity contribution in [2.24, 2.45) is 0 Å². The van der Waals surface area contributed by atoms with Gasteiger partial charge in [-0.1, -0.05) is 41.6 Å². The van der Waals surface area contributed by atoms with Gasteiger partial charge in [0.2, 0.25) is 0 Å². The molecule has 0 aliphatic rings. The van der Waals surface area contributed by atoms with Gasteiger partial charge in [-0.15, -0.1) is 0 Å². The van der Waals surface area contributed by atoms with E-state index < -0.39 is 0 Å². The smallest absolute Gasteiger partial charge is 0.259 e. The third kappa shape index (κ3) is 3.33. The van der Waals surface area contributed by atoms with Crippen LogP contribution < -0.4 is 5.32 Å². The maximum atomic E-state index is 13.2. The van der Waals surface area contributed by atoms with Gasteiger partial charge in [-0.05, 0) is 29.8 Å². The van der Waals surface area contributed by atoms with Gasteiger partial charge in [-0.2, -0.15) is 0 Å². The van der Waals surface area contributed by atoms with E-state index >= 15 is 0 Å². The van der Waals surface area contributed by atoms with Gasteiger partial charge >= 0.3 is 0 Å². The van der Waals surface area contributed by atoms with Crippen molar-refractivity contribution in [3.8, 4) is 22.7 Å². The molecule has 0 fully saturated rings. The van der Waals surface area contributed by atoms with Crippen LogP contribution >= 0.6 is 0 Å². The van der Waals surface area contributed by atoms with Crippen LogP contribution in [-0.4, -0.2) is 21.0 Å². The first-order valence-electron chi connectivity index (χ1n) is 9.36.